The molecule has 0 saturated carbocycles. The molecule has 55 heavy (non-hydrogen) atoms. The average Bonchev–Trinajstić information content (AvgIpc) is 3.60. The highest BCUT2D eigenvalue weighted by molar-refractivity contribution is 7.14. The lowest BCUT2D eigenvalue weighted by Gasteiger charge is -2.22. The van der Waals surface area contributed by atoms with Crippen molar-refractivity contribution in [1.29, 1.82) is 0 Å². The number of nitrogens with zero attached hydrogens (tertiary/aromatic N) is 1. The molecule has 7 N–H and O–H groups in total. The molecule has 0 aliphatic rings. The molecule has 4 unspecified atom stereocenters. The van der Waals surface area contributed by atoms with E-state index in [1.165, 1.54) is 16.9 Å². The van der Waals surface area contributed by atoms with Crippen molar-refractivity contribution < 1.29 is 44.4 Å². The summed E-state index contributed by atoms with van der Waals surface area (Å²) < 4.78 is 0. The molecule has 1 aromatic heterocycles. The van der Waals surface area contributed by atoms with Gasteiger partial charge in [-0.05, 0) is 54.2 Å². The second-order valence-electron chi connectivity index (χ2n) is 14.0. The van der Waals surface area contributed by atoms with Crippen molar-refractivity contribution >= 4 is 46.3 Å². The number of nitrogens with one attached hydrogen (secondary N) is 3. The van der Waals surface area contributed by atoms with Crippen molar-refractivity contribution in [1.82, 2.24) is 15.6 Å². The zero-order chi connectivity index (χ0) is 40.5. The van der Waals surface area contributed by atoms with Gasteiger partial charge < -0.3 is 25.7 Å². The van der Waals surface area contributed by atoms with Crippen LogP contribution in [-0.2, 0) is 36.8 Å². The Morgan fingerprint density at radius 1 is 0.600 bits per heavy atom. The zero-order valence-electron chi connectivity index (χ0n) is 31.3. The lowest BCUT2D eigenvalue weighted by atomic mass is 9.99. The van der Waals surface area contributed by atoms with Crippen LogP contribution in [0.4, 0.5) is 5.13 Å². The van der Waals surface area contributed by atoms with Crippen LogP contribution in [0.3, 0.4) is 0 Å². The van der Waals surface area contributed by atoms with Gasteiger partial charge in [-0.3, -0.25) is 34.6 Å². The van der Waals surface area contributed by atoms with E-state index >= 15 is 0 Å². The van der Waals surface area contributed by atoms with Crippen molar-refractivity contribution in [2.24, 2.45) is 11.8 Å². The molecule has 0 aliphatic heterocycles. The van der Waals surface area contributed by atoms with Crippen LogP contribution in [0.25, 0.3) is 11.3 Å². The summed E-state index contributed by atoms with van der Waals surface area (Å²) in [5.41, 5.74) is 4.83. The third kappa shape index (κ3) is 15.8. The molecule has 13 nitrogen and oxygen atoms in total. The van der Waals surface area contributed by atoms with E-state index < -0.39 is 60.4 Å². The number of carbonyl (C=O) groups excluding carboxylic acids is 1. The minimum absolute atomic E-state index is 0.0589. The Kier molecular flexibility index (Phi) is 17.6. The number of aromatic nitrogens is 1. The Labute approximate surface area is 324 Å². The highest BCUT2D eigenvalue weighted by Crippen LogP contribution is 2.25. The van der Waals surface area contributed by atoms with Gasteiger partial charge in [-0.15, -0.1) is 11.3 Å². The quantitative estimate of drug-likeness (QED) is 0.0547. The summed E-state index contributed by atoms with van der Waals surface area (Å²) in [4.78, 5) is 62.4. The smallest absolute Gasteiger partial charge is 0.321 e. The third-order valence-corrected chi connectivity index (χ3v) is 9.09. The Balaban J connectivity index is 0.000000296. The number of hydrogen-bond acceptors (Lipinski definition) is 9. The number of carboxylic acid groups (broad SMARTS) is 4. The van der Waals surface area contributed by atoms with Gasteiger partial charge in [0, 0.05) is 10.9 Å². The first-order valence-corrected chi connectivity index (χ1v) is 18.8. The molecule has 4 atom stereocenters. The second kappa shape index (κ2) is 22.1. The van der Waals surface area contributed by atoms with Crippen molar-refractivity contribution in [2.45, 2.75) is 84.0 Å². The number of amides is 1. The van der Waals surface area contributed by atoms with Crippen LogP contribution in [0.2, 0.25) is 0 Å². The number of hydrogen-bond donors (Lipinski definition) is 7. The standard InChI is InChI=1S/C22H27NO4.C19H23N3O5S/c1-15(2)12-19(21(24)25)23-20(22(26)27)14-18-10-8-17(9-11-18)13-16-6-4-3-5-7-16;1-11(2)8-13(17(24)25)20-14(18(26)27)9-16(23)22-19-21-15(10-28-19)12-6-4-3-5-7-12/h3-11,15,19-20,23H,12-14H2,1-2H3,(H,24,25)(H,26,27);3-7,10-11,13-14,20H,8-9H2,1-2H3,(H,24,25)(H,26,27)(H,21,22,23). The van der Waals surface area contributed by atoms with Gasteiger partial charge in [-0.2, -0.15) is 0 Å². The lowest BCUT2D eigenvalue weighted by Crippen LogP contribution is -2.49. The zero-order valence-corrected chi connectivity index (χ0v) is 32.2. The summed E-state index contributed by atoms with van der Waals surface area (Å²) in [6, 6.07) is 23.2. The third-order valence-electron chi connectivity index (χ3n) is 8.33. The van der Waals surface area contributed by atoms with Gasteiger partial charge in [0.2, 0.25) is 5.91 Å². The molecule has 294 valence electrons. The molecule has 1 heterocycles. The molecular weight excluding hydrogens is 725 g/mol. The lowest BCUT2D eigenvalue weighted by molar-refractivity contribution is -0.145. The van der Waals surface area contributed by atoms with Crippen molar-refractivity contribution in [2.75, 3.05) is 5.32 Å². The van der Waals surface area contributed by atoms with Gasteiger partial charge in [0.1, 0.15) is 24.2 Å². The SMILES string of the molecule is CC(C)CC(NC(CC(=O)Nc1nc(-c2ccccc2)cs1)C(=O)O)C(=O)O.CC(C)CC(NC(Cc1ccc(Cc2ccccc2)cc1)C(=O)O)C(=O)O. The summed E-state index contributed by atoms with van der Waals surface area (Å²) >= 11 is 1.23. The number of thiazole rings is 1. The first-order valence-electron chi connectivity index (χ1n) is 18.0. The molecular formula is C41H50N4O9S. The van der Waals surface area contributed by atoms with E-state index in [4.69, 9.17) is 0 Å². The first-order chi connectivity index (χ1) is 26.1. The molecule has 0 saturated heterocycles. The topological polar surface area (TPSA) is 215 Å². The largest absolute Gasteiger partial charge is 0.480 e. The minimum atomic E-state index is -1.31. The monoisotopic (exact) mass is 774 g/mol. The molecule has 0 fully saturated rings. The van der Waals surface area contributed by atoms with E-state index in [9.17, 15) is 44.4 Å². The molecule has 0 aliphatic carbocycles. The van der Waals surface area contributed by atoms with E-state index in [-0.39, 0.29) is 24.7 Å². The van der Waals surface area contributed by atoms with Crippen LogP contribution >= 0.6 is 11.3 Å². The molecule has 0 radical (unpaired) electrons. The molecule has 1 amide bonds. The van der Waals surface area contributed by atoms with Gasteiger partial charge in [0.15, 0.2) is 5.13 Å². The fourth-order valence-electron chi connectivity index (χ4n) is 5.63. The molecule has 4 rings (SSSR count). The fraction of sp³-hybridized carbons (Fsp3) is 0.366. The number of aliphatic carboxylic acids is 4. The van der Waals surface area contributed by atoms with Crippen molar-refractivity contribution in [3.05, 3.63) is 107 Å². The van der Waals surface area contributed by atoms with Crippen molar-refractivity contribution in [3.63, 3.8) is 0 Å². The van der Waals surface area contributed by atoms with Crippen molar-refractivity contribution in [3.8, 4) is 11.3 Å². The highest BCUT2D eigenvalue weighted by atomic mass is 32.1. The van der Waals surface area contributed by atoms with Crippen LogP contribution in [0.15, 0.2) is 90.3 Å². The van der Waals surface area contributed by atoms with Gasteiger partial charge >= 0.3 is 23.9 Å². The van der Waals surface area contributed by atoms with Crippen LogP contribution in [0.1, 0.15) is 63.6 Å². The van der Waals surface area contributed by atoms with Crippen LogP contribution in [0, 0.1) is 11.8 Å². The Morgan fingerprint density at radius 2 is 1.05 bits per heavy atom. The molecule has 4 aromatic rings. The van der Waals surface area contributed by atoms with Gasteiger partial charge in [0.05, 0.1) is 12.1 Å². The van der Waals surface area contributed by atoms with Gasteiger partial charge in [-0.25, -0.2) is 4.98 Å². The summed E-state index contributed by atoms with van der Waals surface area (Å²) in [7, 11) is 0. The first kappa shape index (κ1) is 44.0. The van der Waals surface area contributed by atoms with E-state index in [1.54, 1.807) is 5.38 Å². The molecule has 3 aromatic carbocycles. The fourth-order valence-corrected chi connectivity index (χ4v) is 6.37. The number of rotatable bonds is 20. The van der Waals surface area contributed by atoms with Crippen LogP contribution in [-0.4, -0.2) is 79.4 Å². The Hall–Kier alpha value is -5.44. The number of anilines is 1. The summed E-state index contributed by atoms with van der Waals surface area (Å²) in [6.45, 7) is 7.51. The van der Waals surface area contributed by atoms with Crippen LogP contribution < -0.4 is 16.0 Å². The summed E-state index contributed by atoms with van der Waals surface area (Å²) in [5.74, 6) is -4.83. The maximum Gasteiger partial charge on any atom is 0.321 e. The predicted octanol–water partition coefficient (Wildman–Crippen LogP) is 6.04. The second-order valence-corrected chi connectivity index (χ2v) is 14.9. The minimum Gasteiger partial charge on any atom is -0.480 e. The summed E-state index contributed by atoms with van der Waals surface area (Å²) in [5, 5.41) is 47.5. The number of benzene rings is 3. The predicted molar refractivity (Wildman–Crippen MR) is 211 cm³/mol. The molecule has 0 spiro atoms. The summed E-state index contributed by atoms with van der Waals surface area (Å²) in [6.07, 6.45) is 1.29. The highest BCUT2D eigenvalue weighted by Gasteiger charge is 2.29. The molecule has 0 bridgehead atoms. The van der Waals surface area contributed by atoms with E-state index in [0.29, 0.717) is 17.2 Å². The number of carboxylic acids is 4. The molecule has 14 heteroatoms. The van der Waals surface area contributed by atoms with Crippen LogP contribution in [0.5, 0.6) is 0 Å². The van der Waals surface area contributed by atoms with Gasteiger partial charge in [0.25, 0.3) is 0 Å². The Bertz CT molecular complexity index is 1830. The van der Waals surface area contributed by atoms with E-state index in [0.717, 1.165) is 23.1 Å². The average molecular weight is 775 g/mol. The van der Waals surface area contributed by atoms with E-state index in [2.05, 4.69) is 33.1 Å². The van der Waals surface area contributed by atoms with Gasteiger partial charge in [-0.1, -0.05) is 113 Å². The maximum absolute atomic E-state index is 12.3. The normalized spacial score (nSPS) is 13.2. The maximum atomic E-state index is 12.3. The van der Waals surface area contributed by atoms with E-state index in [1.807, 2.05) is 100 Å². The Morgan fingerprint density at radius 3 is 1.55 bits per heavy atom. The number of carbonyl (C=O) groups is 5.